The number of carbonyl (C=O) groups excluding carboxylic acids is 1. The Balaban J connectivity index is 1.85. The van der Waals surface area contributed by atoms with Crippen LogP contribution in [0.4, 0.5) is 0 Å². The molecule has 0 aromatic carbocycles. The summed E-state index contributed by atoms with van der Waals surface area (Å²) in [7, 11) is 0. The van der Waals surface area contributed by atoms with E-state index >= 15 is 0 Å². The Morgan fingerprint density at radius 3 is 2.89 bits per heavy atom. The number of hydrogen-bond acceptors (Lipinski definition) is 3. The lowest BCUT2D eigenvalue weighted by Gasteiger charge is -2.32. The average molecular weight is 270 g/mol. The van der Waals surface area contributed by atoms with Crippen LogP contribution in [0.1, 0.15) is 39.5 Å². The van der Waals surface area contributed by atoms with Crippen molar-refractivity contribution in [2.45, 2.75) is 44.8 Å². The molecule has 0 aliphatic carbocycles. The van der Waals surface area contributed by atoms with Gasteiger partial charge in [-0.25, -0.2) is 0 Å². The molecule has 2 saturated heterocycles. The number of carbonyl (C=O) groups is 1. The molecule has 0 aromatic heterocycles. The third-order valence-electron chi connectivity index (χ3n) is 4.51. The quantitative estimate of drug-likeness (QED) is 0.821. The van der Waals surface area contributed by atoms with E-state index in [0.29, 0.717) is 11.2 Å². The second-order valence-corrected chi connectivity index (χ2v) is 7.34. The lowest BCUT2D eigenvalue weighted by atomic mass is 9.75. The molecule has 2 heterocycles. The van der Waals surface area contributed by atoms with Crippen LogP contribution in [0.25, 0.3) is 0 Å². The van der Waals surface area contributed by atoms with Crippen LogP contribution in [0.5, 0.6) is 0 Å². The third kappa shape index (κ3) is 3.02. The summed E-state index contributed by atoms with van der Waals surface area (Å²) >= 11 is 2.02. The highest BCUT2D eigenvalue weighted by molar-refractivity contribution is 7.99. The fourth-order valence-corrected chi connectivity index (χ4v) is 4.25. The summed E-state index contributed by atoms with van der Waals surface area (Å²) < 4.78 is 0. The SMILES string of the molecule is CC(C)C1(C(=O)NCC2CCCCS2)CCNC1. The minimum absolute atomic E-state index is 0.167. The largest absolute Gasteiger partial charge is 0.354 e. The number of nitrogens with one attached hydrogen (secondary N) is 2. The van der Waals surface area contributed by atoms with E-state index in [0.717, 1.165) is 26.1 Å². The Hall–Kier alpha value is -0.220. The van der Waals surface area contributed by atoms with Crippen molar-refractivity contribution < 1.29 is 4.79 Å². The fourth-order valence-electron chi connectivity index (χ4n) is 3.01. The van der Waals surface area contributed by atoms with Gasteiger partial charge in [-0.2, -0.15) is 11.8 Å². The number of thioether (sulfide) groups is 1. The van der Waals surface area contributed by atoms with Crippen molar-refractivity contribution in [1.82, 2.24) is 10.6 Å². The van der Waals surface area contributed by atoms with Crippen LogP contribution in [0.2, 0.25) is 0 Å². The van der Waals surface area contributed by atoms with E-state index in [2.05, 4.69) is 24.5 Å². The summed E-state index contributed by atoms with van der Waals surface area (Å²) in [5.41, 5.74) is -0.167. The molecule has 0 saturated carbocycles. The topological polar surface area (TPSA) is 41.1 Å². The van der Waals surface area contributed by atoms with Crippen LogP contribution in [0, 0.1) is 11.3 Å². The highest BCUT2D eigenvalue weighted by Crippen LogP contribution is 2.34. The van der Waals surface area contributed by atoms with Gasteiger partial charge >= 0.3 is 0 Å². The van der Waals surface area contributed by atoms with Crippen molar-refractivity contribution in [3.8, 4) is 0 Å². The number of rotatable bonds is 4. The predicted octanol–water partition coefficient (Wildman–Crippen LogP) is 2.02. The van der Waals surface area contributed by atoms with Crippen LogP contribution < -0.4 is 10.6 Å². The minimum atomic E-state index is -0.167. The Morgan fingerprint density at radius 1 is 1.50 bits per heavy atom. The van der Waals surface area contributed by atoms with Crippen molar-refractivity contribution in [2.24, 2.45) is 11.3 Å². The van der Waals surface area contributed by atoms with Gasteiger partial charge in [0.05, 0.1) is 5.41 Å². The lowest BCUT2D eigenvalue weighted by Crippen LogP contribution is -2.47. The molecule has 2 N–H and O–H groups in total. The Kier molecular flexibility index (Phi) is 4.96. The van der Waals surface area contributed by atoms with Gasteiger partial charge in [-0.3, -0.25) is 4.79 Å². The molecule has 2 atom stereocenters. The zero-order valence-corrected chi connectivity index (χ0v) is 12.4. The van der Waals surface area contributed by atoms with E-state index in [1.807, 2.05) is 11.8 Å². The van der Waals surface area contributed by atoms with Crippen molar-refractivity contribution in [3.05, 3.63) is 0 Å². The molecular formula is C14H26N2OS. The summed E-state index contributed by atoms with van der Waals surface area (Å²) in [6, 6.07) is 0. The van der Waals surface area contributed by atoms with Gasteiger partial charge < -0.3 is 10.6 Å². The molecule has 2 unspecified atom stereocenters. The first kappa shape index (κ1) is 14.2. The molecule has 0 spiro atoms. The van der Waals surface area contributed by atoms with Crippen molar-refractivity contribution in [2.75, 3.05) is 25.4 Å². The van der Waals surface area contributed by atoms with Gasteiger partial charge in [0.25, 0.3) is 0 Å². The first-order valence-corrected chi connectivity index (χ1v) is 8.30. The first-order valence-electron chi connectivity index (χ1n) is 7.26. The average Bonchev–Trinajstić information content (AvgIpc) is 2.88. The van der Waals surface area contributed by atoms with E-state index in [4.69, 9.17) is 0 Å². The summed E-state index contributed by atoms with van der Waals surface area (Å²) in [5, 5.41) is 7.20. The molecule has 1 amide bonds. The van der Waals surface area contributed by atoms with Gasteiger partial charge in [-0.1, -0.05) is 20.3 Å². The third-order valence-corrected chi connectivity index (χ3v) is 5.91. The molecule has 2 rings (SSSR count). The molecule has 2 aliphatic heterocycles. The molecule has 2 aliphatic rings. The second kappa shape index (κ2) is 6.29. The monoisotopic (exact) mass is 270 g/mol. The highest BCUT2D eigenvalue weighted by atomic mass is 32.2. The maximum absolute atomic E-state index is 12.5. The maximum atomic E-state index is 12.5. The Morgan fingerprint density at radius 2 is 2.33 bits per heavy atom. The standard InChI is InChI=1S/C14H26N2OS/c1-11(2)14(6-7-15-10-14)13(17)16-9-12-5-3-4-8-18-12/h11-12,15H,3-10H2,1-2H3,(H,16,17). The highest BCUT2D eigenvalue weighted by Gasteiger charge is 2.43. The zero-order valence-electron chi connectivity index (χ0n) is 11.6. The molecule has 0 bridgehead atoms. The maximum Gasteiger partial charge on any atom is 0.227 e. The smallest absolute Gasteiger partial charge is 0.227 e. The second-order valence-electron chi connectivity index (χ2n) is 5.94. The van der Waals surface area contributed by atoms with Crippen LogP contribution in [0.15, 0.2) is 0 Å². The summed E-state index contributed by atoms with van der Waals surface area (Å²) in [5.74, 6) is 1.94. The molecule has 2 fully saturated rings. The van der Waals surface area contributed by atoms with E-state index in [1.54, 1.807) is 0 Å². The molecule has 104 valence electrons. The van der Waals surface area contributed by atoms with Crippen LogP contribution in [-0.2, 0) is 4.79 Å². The van der Waals surface area contributed by atoms with Gasteiger partial charge in [0.2, 0.25) is 5.91 Å². The fraction of sp³-hybridized carbons (Fsp3) is 0.929. The van der Waals surface area contributed by atoms with Crippen LogP contribution in [0.3, 0.4) is 0 Å². The van der Waals surface area contributed by atoms with Crippen molar-refractivity contribution >= 4 is 17.7 Å². The lowest BCUT2D eigenvalue weighted by molar-refractivity contribution is -0.132. The van der Waals surface area contributed by atoms with E-state index in [9.17, 15) is 4.79 Å². The Bertz CT molecular complexity index is 282. The van der Waals surface area contributed by atoms with Gasteiger partial charge in [0.1, 0.15) is 0 Å². The van der Waals surface area contributed by atoms with Gasteiger partial charge in [-0.05, 0) is 37.5 Å². The molecule has 18 heavy (non-hydrogen) atoms. The summed E-state index contributed by atoms with van der Waals surface area (Å²) in [6.07, 6.45) is 4.91. The normalized spacial score (nSPS) is 32.7. The summed E-state index contributed by atoms with van der Waals surface area (Å²) in [6.45, 7) is 7.01. The van der Waals surface area contributed by atoms with E-state index < -0.39 is 0 Å². The minimum Gasteiger partial charge on any atom is -0.354 e. The van der Waals surface area contributed by atoms with Gasteiger partial charge in [0, 0.05) is 18.3 Å². The number of amides is 1. The molecule has 0 radical (unpaired) electrons. The molecule has 0 aromatic rings. The predicted molar refractivity (Wildman–Crippen MR) is 77.9 cm³/mol. The van der Waals surface area contributed by atoms with E-state index in [-0.39, 0.29) is 11.3 Å². The first-order chi connectivity index (χ1) is 8.65. The molecular weight excluding hydrogens is 244 g/mol. The van der Waals surface area contributed by atoms with Crippen molar-refractivity contribution in [3.63, 3.8) is 0 Å². The molecule has 4 heteroatoms. The number of hydrogen-bond donors (Lipinski definition) is 2. The van der Waals surface area contributed by atoms with Gasteiger partial charge in [0.15, 0.2) is 0 Å². The van der Waals surface area contributed by atoms with Crippen molar-refractivity contribution in [1.29, 1.82) is 0 Å². The van der Waals surface area contributed by atoms with E-state index in [1.165, 1.54) is 25.0 Å². The van der Waals surface area contributed by atoms with Crippen LogP contribution in [-0.4, -0.2) is 36.5 Å². The van der Waals surface area contributed by atoms with Crippen LogP contribution >= 0.6 is 11.8 Å². The van der Waals surface area contributed by atoms with Gasteiger partial charge in [-0.15, -0.1) is 0 Å². The Labute approximate surface area is 115 Å². The summed E-state index contributed by atoms with van der Waals surface area (Å²) in [4.78, 5) is 12.5. The zero-order chi connectivity index (χ0) is 13.0. The molecule has 3 nitrogen and oxygen atoms in total.